The van der Waals surface area contributed by atoms with Gasteiger partial charge in [-0.3, -0.25) is 0 Å². The first kappa shape index (κ1) is 28.4. The minimum absolute atomic E-state index is 0.215. The van der Waals surface area contributed by atoms with Crippen LogP contribution in [0.2, 0.25) is 0 Å². The third-order valence-electron chi connectivity index (χ3n) is 8.22. The fourth-order valence-corrected chi connectivity index (χ4v) is 5.95. The Labute approximate surface area is 253 Å². The summed E-state index contributed by atoms with van der Waals surface area (Å²) in [7, 11) is 1.70. The molecule has 2 saturated heterocycles. The zero-order chi connectivity index (χ0) is 30.3. The van der Waals surface area contributed by atoms with Crippen LogP contribution in [-0.4, -0.2) is 74.8 Å². The van der Waals surface area contributed by atoms with E-state index in [0.717, 1.165) is 36.3 Å². The molecule has 2 fully saturated rings. The topological polar surface area (TPSA) is 98.9 Å². The van der Waals surface area contributed by atoms with Crippen molar-refractivity contribution in [2.24, 2.45) is 5.92 Å². The number of likely N-dealkylation sites (tertiary alicyclic amines) is 1. The molecule has 2 unspecified atom stereocenters. The van der Waals surface area contributed by atoms with Gasteiger partial charge in [0, 0.05) is 44.1 Å². The lowest BCUT2D eigenvalue weighted by molar-refractivity contribution is -0.134. The predicted octanol–water partition coefficient (Wildman–Crippen LogP) is 5.81. The van der Waals surface area contributed by atoms with Crippen molar-refractivity contribution < 1.29 is 23.0 Å². The van der Waals surface area contributed by atoms with Crippen LogP contribution in [0, 0.1) is 12.8 Å². The highest BCUT2D eigenvalue weighted by atomic mass is 19.3. The van der Waals surface area contributed by atoms with Crippen LogP contribution in [0.5, 0.6) is 17.2 Å². The van der Waals surface area contributed by atoms with Gasteiger partial charge in [0.1, 0.15) is 35.7 Å². The van der Waals surface area contributed by atoms with Crippen LogP contribution < -0.4 is 14.8 Å². The van der Waals surface area contributed by atoms with Gasteiger partial charge in [0.2, 0.25) is 0 Å². The number of benzene rings is 2. The minimum atomic E-state index is -3.00. The third-order valence-corrected chi connectivity index (χ3v) is 8.22. The Morgan fingerprint density at radius 3 is 2.77 bits per heavy atom. The molecule has 5 aromatic rings. The van der Waals surface area contributed by atoms with Gasteiger partial charge in [0.15, 0.2) is 11.8 Å². The number of nitrogens with zero attached hydrogens (tertiary/aromatic N) is 6. The molecular weight excluding hydrogens is 568 g/mol. The fraction of sp³-hybridized carbons (Fsp3) is 0.375. The van der Waals surface area contributed by atoms with Gasteiger partial charge in [-0.25, -0.2) is 28.2 Å². The van der Waals surface area contributed by atoms with E-state index in [1.165, 1.54) is 12.7 Å². The van der Waals surface area contributed by atoms with Crippen molar-refractivity contribution in [1.29, 1.82) is 0 Å². The molecule has 228 valence electrons. The van der Waals surface area contributed by atoms with E-state index in [4.69, 9.17) is 14.2 Å². The average Bonchev–Trinajstić information content (AvgIpc) is 3.68. The van der Waals surface area contributed by atoms with Gasteiger partial charge in [-0.2, -0.15) is 5.10 Å². The Morgan fingerprint density at radius 2 is 1.95 bits per heavy atom. The summed E-state index contributed by atoms with van der Waals surface area (Å²) < 4.78 is 49.8. The number of anilines is 2. The summed E-state index contributed by atoms with van der Waals surface area (Å²) in [6, 6.07) is 13.2. The van der Waals surface area contributed by atoms with Crippen molar-refractivity contribution in [3.63, 3.8) is 0 Å². The minimum Gasteiger partial charge on any atom is -0.483 e. The van der Waals surface area contributed by atoms with Crippen molar-refractivity contribution in [2.75, 3.05) is 38.7 Å². The number of fused-ring (bicyclic) bond motifs is 2. The van der Waals surface area contributed by atoms with Crippen LogP contribution >= 0.6 is 0 Å². The van der Waals surface area contributed by atoms with Crippen LogP contribution in [0.25, 0.3) is 16.6 Å². The van der Waals surface area contributed by atoms with E-state index >= 15 is 8.78 Å². The monoisotopic (exact) mass is 601 g/mol. The van der Waals surface area contributed by atoms with Crippen molar-refractivity contribution in [3.05, 3.63) is 72.4 Å². The van der Waals surface area contributed by atoms with Crippen molar-refractivity contribution >= 4 is 28.1 Å². The van der Waals surface area contributed by atoms with Gasteiger partial charge in [-0.05, 0) is 80.3 Å². The van der Waals surface area contributed by atoms with Crippen LogP contribution in [-0.2, 0) is 11.2 Å². The SMILES string of the molecule is Cc1cc(Nc2ncnc3cc(CC4CCOC4)cc(OC4CCN(C)CC4(F)F)c23)ccc1Oc1ccn2ncnc2c1. The summed E-state index contributed by atoms with van der Waals surface area (Å²) in [5, 5.41) is 8.05. The van der Waals surface area contributed by atoms with Crippen LogP contribution in [0.1, 0.15) is 24.0 Å². The number of rotatable bonds is 8. The summed E-state index contributed by atoms with van der Waals surface area (Å²) in [4.78, 5) is 14.9. The Morgan fingerprint density at radius 1 is 1.05 bits per heavy atom. The van der Waals surface area contributed by atoms with Crippen molar-refractivity contribution in [3.8, 4) is 17.2 Å². The number of aromatic nitrogens is 5. The molecule has 5 heterocycles. The molecule has 2 atom stereocenters. The number of hydrogen-bond donors (Lipinski definition) is 1. The largest absolute Gasteiger partial charge is 0.483 e. The second kappa shape index (κ2) is 11.6. The quantitative estimate of drug-likeness (QED) is 0.236. The molecule has 0 radical (unpaired) electrons. The second-order valence-electron chi connectivity index (χ2n) is 11.7. The standard InChI is InChI=1S/C32H33F2N7O3/c1-20-11-23(3-4-26(20)43-24-5-9-41-29(15-24)36-19-38-41)39-31-30-25(35-18-37-31)13-22(12-21-7-10-42-16-21)14-27(30)44-28-6-8-40(2)17-32(28,33)34/h3-5,9,11,13-15,18-19,21,28H,6-8,10,12,16-17H2,1-2H3,(H,35,37,39). The number of piperidine rings is 1. The first-order valence-electron chi connectivity index (χ1n) is 14.7. The molecule has 3 aromatic heterocycles. The van der Waals surface area contributed by atoms with Gasteiger partial charge in [0.25, 0.3) is 5.92 Å². The highest BCUT2D eigenvalue weighted by molar-refractivity contribution is 5.96. The predicted molar refractivity (Wildman–Crippen MR) is 161 cm³/mol. The molecule has 0 aliphatic carbocycles. The molecule has 1 N–H and O–H groups in total. The van der Waals surface area contributed by atoms with E-state index in [0.29, 0.717) is 58.7 Å². The maximum Gasteiger partial charge on any atom is 0.296 e. The zero-order valence-corrected chi connectivity index (χ0v) is 24.5. The van der Waals surface area contributed by atoms with Gasteiger partial charge < -0.3 is 24.4 Å². The lowest BCUT2D eigenvalue weighted by atomic mass is 9.97. The average molecular weight is 602 g/mol. The first-order valence-corrected chi connectivity index (χ1v) is 14.7. The molecule has 2 aliphatic rings. The molecular formula is C32H33F2N7O3. The molecule has 7 rings (SSSR count). The molecule has 0 saturated carbocycles. The lowest BCUT2D eigenvalue weighted by Crippen LogP contribution is -2.52. The molecule has 10 nitrogen and oxygen atoms in total. The summed E-state index contributed by atoms with van der Waals surface area (Å²) in [5.74, 6) is -0.476. The number of ether oxygens (including phenoxy) is 3. The van der Waals surface area contributed by atoms with Crippen LogP contribution in [0.4, 0.5) is 20.3 Å². The van der Waals surface area contributed by atoms with E-state index in [2.05, 4.69) is 25.4 Å². The van der Waals surface area contributed by atoms with E-state index < -0.39 is 12.0 Å². The Hall–Kier alpha value is -4.42. The van der Waals surface area contributed by atoms with E-state index in [9.17, 15) is 0 Å². The van der Waals surface area contributed by atoms with Crippen molar-refractivity contribution in [2.45, 2.75) is 38.2 Å². The molecule has 2 aromatic carbocycles. The number of alkyl halides is 2. The summed E-state index contributed by atoms with van der Waals surface area (Å²) in [5.41, 5.74) is 3.94. The molecule has 2 aliphatic heterocycles. The van der Waals surface area contributed by atoms with Crippen LogP contribution in [0.15, 0.2) is 61.3 Å². The summed E-state index contributed by atoms with van der Waals surface area (Å²) in [6.07, 6.45) is 5.44. The molecule has 0 bridgehead atoms. The second-order valence-corrected chi connectivity index (χ2v) is 11.7. The zero-order valence-electron chi connectivity index (χ0n) is 24.5. The van der Waals surface area contributed by atoms with E-state index in [-0.39, 0.29) is 13.0 Å². The smallest absolute Gasteiger partial charge is 0.296 e. The molecule has 44 heavy (non-hydrogen) atoms. The molecule has 12 heteroatoms. The first-order chi connectivity index (χ1) is 21.3. The summed E-state index contributed by atoms with van der Waals surface area (Å²) >= 11 is 0. The Bertz CT molecular complexity index is 1810. The number of halogens is 2. The molecule has 0 spiro atoms. The van der Waals surface area contributed by atoms with Crippen molar-refractivity contribution in [1.82, 2.24) is 29.5 Å². The summed E-state index contributed by atoms with van der Waals surface area (Å²) in [6.45, 7) is 3.55. The van der Waals surface area contributed by atoms with Crippen LogP contribution in [0.3, 0.4) is 0 Å². The van der Waals surface area contributed by atoms with E-state index in [1.807, 2.05) is 49.4 Å². The Balaban J connectivity index is 1.20. The normalized spacial score (nSPS) is 20.3. The lowest BCUT2D eigenvalue weighted by Gasteiger charge is -2.36. The highest BCUT2D eigenvalue weighted by Crippen LogP contribution is 2.39. The Kier molecular flexibility index (Phi) is 7.47. The fourth-order valence-electron chi connectivity index (χ4n) is 5.95. The maximum atomic E-state index is 15.1. The van der Waals surface area contributed by atoms with Gasteiger partial charge in [-0.15, -0.1) is 0 Å². The number of pyridine rings is 1. The number of hydrogen-bond acceptors (Lipinski definition) is 9. The van der Waals surface area contributed by atoms with Gasteiger partial charge in [0.05, 0.1) is 17.4 Å². The highest BCUT2D eigenvalue weighted by Gasteiger charge is 2.45. The third kappa shape index (κ3) is 5.87. The number of nitrogens with one attached hydrogen (secondary N) is 1. The molecule has 0 amide bonds. The van der Waals surface area contributed by atoms with Gasteiger partial charge in [-0.1, -0.05) is 0 Å². The number of aryl methyl sites for hydroxylation is 1. The van der Waals surface area contributed by atoms with Gasteiger partial charge >= 0.3 is 0 Å². The van der Waals surface area contributed by atoms with E-state index in [1.54, 1.807) is 22.7 Å². The maximum absolute atomic E-state index is 15.1.